The Balaban J connectivity index is 1.76. The van der Waals surface area contributed by atoms with Gasteiger partial charge in [-0.2, -0.15) is 0 Å². The Labute approximate surface area is 156 Å². The number of nitrogens with zero attached hydrogens (tertiary/aromatic N) is 1. The van der Waals surface area contributed by atoms with Crippen molar-refractivity contribution >= 4 is 17.6 Å². The summed E-state index contributed by atoms with van der Waals surface area (Å²) in [6, 6.07) is 6.30. The number of methoxy groups -OCH3 is 1. The third kappa shape index (κ3) is 2.07. The zero-order chi connectivity index (χ0) is 18.8. The van der Waals surface area contributed by atoms with Crippen LogP contribution in [0.1, 0.15) is 24.5 Å². The lowest BCUT2D eigenvalue weighted by molar-refractivity contribution is -0.150. The molecule has 4 heterocycles. The summed E-state index contributed by atoms with van der Waals surface area (Å²) in [4.78, 5) is 30.4. The molecule has 0 saturated heterocycles. The molecule has 0 aromatic heterocycles. The minimum absolute atomic E-state index is 0.0264. The summed E-state index contributed by atoms with van der Waals surface area (Å²) < 4.78 is 10.6. The van der Waals surface area contributed by atoms with Gasteiger partial charge < -0.3 is 19.4 Å². The molecule has 1 aliphatic carbocycles. The minimum atomic E-state index is -0.784. The van der Waals surface area contributed by atoms with Gasteiger partial charge >= 0.3 is 11.9 Å². The van der Waals surface area contributed by atoms with Gasteiger partial charge in [0.2, 0.25) is 0 Å². The number of aromatic nitrogens is 1. The molecule has 1 N–H and O–H groups in total. The molecule has 6 heteroatoms. The number of ether oxygens (including phenoxy) is 2. The van der Waals surface area contributed by atoms with Crippen LogP contribution in [0.15, 0.2) is 41.6 Å². The molecule has 0 spiro atoms. The second-order valence-corrected chi connectivity index (χ2v) is 7.26. The van der Waals surface area contributed by atoms with Crippen LogP contribution in [0.3, 0.4) is 0 Å². The number of aromatic amines is 1. The molecular weight excluding hydrogens is 344 g/mol. The van der Waals surface area contributed by atoms with Crippen LogP contribution in [-0.4, -0.2) is 47.6 Å². The molecule has 138 valence electrons. The highest BCUT2D eigenvalue weighted by Crippen LogP contribution is 2.48. The molecule has 0 aromatic carbocycles. The SMILES string of the molecule is CC[C@]12CN3CCc4cc5ccc[nH]c-5c4C3=CC1=C(C(=O)OC)C(=O)O2. The predicted molar refractivity (Wildman–Crippen MR) is 98.8 cm³/mol. The van der Waals surface area contributed by atoms with E-state index in [1.165, 1.54) is 18.2 Å². The van der Waals surface area contributed by atoms with E-state index >= 15 is 0 Å². The maximum atomic E-state index is 12.5. The van der Waals surface area contributed by atoms with Gasteiger partial charge in [0, 0.05) is 29.6 Å². The van der Waals surface area contributed by atoms with E-state index in [0.717, 1.165) is 29.9 Å². The summed E-state index contributed by atoms with van der Waals surface area (Å²) in [5.41, 5.74) is 5.60. The number of H-pyrrole nitrogens is 1. The molecule has 0 fully saturated rings. The summed E-state index contributed by atoms with van der Waals surface area (Å²) in [6.45, 7) is 3.39. The van der Waals surface area contributed by atoms with Crippen LogP contribution >= 0.6 is 0 Å². The van der Waals surface area contributed by atoms with E-state index in [0.29, 0.717) is 18.5 Å². The van der Waals surface area contributed by atoms with Crippen LogP contribution in [0.5, 0.6) is 0 Å². The number of pyridine rings is 1. The van der Waals surface area contributed by atoms with Gasteiger partial charge in [-0.05, 0) is 42.2 Å². The number of fused-ring (bicyclic) bond motifs is 6. The van der Waals surface area contributed by atoms with E-state index in [-0.39, 0.29) is 5.57 Å². The third-order valence-electron chi connectivity index (χ3n) is 5.98. The topological polar surface area (TPSA) is 71.6 Å². The molecule has 5 aliphatic rings. The fraction of sp³-hybridized carbons (Fsp3) is 0.333. The number of nitrogens with one attached hydrogen (secondary N) is 1. The van der Waals surface area contributed by atoms with E-state index in [1.807, 2.05) is 25.3 Å². The highest BCUT2D eigenvalue weighted by atomic mass is 16.6. The van der Waals surface area contributed by atoms with Crippen molar-refractivity contribution < 1.29 is 19.1 Å². The van der Waals surface area contributed by atoms with Crippen molar-refractivity contribution in [2.45, 2.75) is 25.4 Å². The van der Waals surface area contributed by atoms with Crippen LogP contribution in [-0.2, 0) is 25.5 Å². The fourth-order valence-electron chi connectivity index (χ4n) is 4.62. The Morgan fingerprint density at radius 2 is 2.30 bits per heavy atom. The first-order valence-electron chi connectivity index (χ1n) is 9.20. The van der Waals surface area contributed by atoms with E-state index in [4.69, 9.17) is 9.47 Å². The Morgan fingerprint density at radius 3 is 3.07 bits per heavy atom. The van der Waals surface area contributed by atoms with Crippen molar-refractivity contribution in [3.8, 4) is 11.3 Å². The summed E-state index contributed by atoms with van der Waals surface area (Å²) in [5, 5.41) is 0. The minimum Gasteiger partial charge on any atom is -0.465 e. The highest BCUT2D eigenvalue weighted by Gasteiger charge is 2.52. The number of esters is 2. The van der Waals surface area contributed by atoms with E-state index in [1.54, 1.807) is 0 Å². The molecule has 0 unspecified atom stereocenters. The number of carbonyl (C=O) groups excluding carboxylic acids is 2. The quantitative estimate of drug-likeness (QED) is 0.655. The van der Waals surface area contributed by atoms with Gasteiger partial charge in [-0.1, -0.05) is 13.0 Å². The number of rotatable bonds is 2. The Kier molecular flexibility index (Phi) is 3.29. The first kappa shape index (κ1) is 16.2. The van der Waals surface area contributed by atoms with Gasteiger partial charge in [-0.25, -0.2) is 9.59 Å². The molecule has 0 saturated carbocycles. The summed E-state index contributed by atoms with van der Waals surface area (Å²) in [6.07, 6.45) is 5.42. The van der Waals surface area contributed by atoms with Gasteiger partial charge in [0.1, 0.15) is 0 Å². The van der Waals surface area contributed by atoms with Gasteiger partial charge in [0.05, 0.1) is 19.3 Å². The van der Waals surface area contributed by atoms with E-state index < -0.39 is 17.5 Å². The van der Waals surface area contributed by atoms with Crippen LogP contribution in [0.2, 0.25) is 0 Å². The molecular formula is C21H20N2O4. The largest absolute Gasteiger partial charge is 0.465 e. The number of hydrogen-bond acceptors (Lipinski definition) is 5. The number of carbonyl (C=O) groups is 2. The molecule has 4 aliphatic heterocycles. The molecule has 27 heavy (non-hydrogen) atoms. The summed E-state index contributed by atoms with van der Waals surface area (Å²) in [5.74, 6) is -1.22. The van der Waals surface area contributed by atoms with E-state index in [9.17, 15) is 9.59 Å². The van der Waals surface area contributed by atoms with Crippen molar-refractivity contribution in [1.29, 1.82) is 0 Å². The Bertz CT molecular complexity index is 1010. The molecule has 1 atom stereocenters. The molecule has 6 nitrogen and oxygen atoms in total. The predicted octanol–water partition coefficient (Wildman–Crippen LogP) is 2.51. The van der Waals surface area contributed by atoms with E-state index in [2.05, 4.69) is 22.0 Å². The van der Waals surface area contributed by atoms with Gasteiger partial charge in [0.15, 0.2) is 11.2 Å². The lowest BCUT2D eigenvalue weighted by Gasteiger charge is -2.43. The smallest absolute Gasteiger partial charge is 0.346 e. The van der Waals surface area contributed by atoms with Gasteiger partial charge in [0.25, 0.3) is 0 Å². The zero-order valence-electron chi connectivity index (χ0n) is 15.3. The zero-order valence-corrected chi connectivity index (χ0v) is 15.3. The van der Waals surface area contributed by atoms with Crippen molar-refractivity contribution in [2.75, 3.05) is 20.2 Å². The third-order valence-corrected chi connectivity index (χ3v) is 5.98. The normalized spacial score (nSPS) is 23.6. The molecule has 5 rings (SSSR count). The van der Waals surface area contributed by atoms with Crippen LogP contribution in [0.25, 0.3) is 17.0 Å². The van der Waals surface area contributed by atoms with Crippen molar-refractivity contribution in [3.05, 3.63) is 52.7 Å². The van der Waals surface area contributed by atoms with Gasteiger partial charge in [-0.15, -0.1) is 0 Å². The average molecular weight is 364 g/mol. The second-order valence-electron chi connectivity index (χ2n) is 7.26. The summed E-state index contributed by atoms with van der Waals surface area (Å²) in [7, 11) is 1.29. The standard InChI is InChI=1S/C21H20N2O4/c1-3-21-11-23-8-6-12-9-13-5-4-7-22-18(13)16(12)15(23)10-14(21)17(19(24)26-2)20(25)27-21/h4-5,7,9-10,22H,3,6,8,11H2,1-2H3/t21-/m0/s1. The lowest BCUT2D eigenvalue weighted by atomic mass is 9.82. The summed E-state index contributed by atoms with van der Waals surface area (Å²) >= 11 is 0. The number of hydrogen-bond donors (Lipinski definition) is 1. The van der Waals surface area contributed by atoms with Gasteiger partial charge in [-0.3, -0.25) is 0 Å². The van der Waals surface area contributed by atoms with Crippen LogP contribution in [0.4, 0.5) is 0 Å². The lowest BCUT2D eigenvalue weighted by Crippen LogP contribution is -2.48. The Hall–Kier alpha value is -3.02. The molecule has 0 amide bonds. The fourth-order valence-corrected chi connectivity index (χ4v) is 4.62. The average Bonchev–Trinajstić information content (AvgIpc) is 3.20. The van der Waals surface area contributed by atoms with Crippen molar-refractivity contribution in [3.63, 3.8) is 0 Å². The van der Waals surface area contributed by atoms with Crippen molar-refractivity contribution in [1.82, 2.24) is 9.88 Å². The first-order valence-corrected chi connectivity index (χ1v) is 9.20. The molecule has 0 radical (unpaired) electrons. The highest BCUT2D eigenvalue weighted by molar-refractivity contribution is 6.17. The first-order chi connectivity index (χ1) is 13.1. The Morgan fingerprint density at radius 1 is 1.44 bits per heavy atom. The van der Waals surface area contributed by atoms with Crippen LogP contribution in [0, 0.1) is 0 Å². The second kappa shape index (κ2) is 5.49. The monoisotopic (exact) mass is 364 g/mol. The maximum absolute atomic E-state index is 12.5. The maximum Gasteiger partial charge on any atom is 0.346 e. The van der Waals surface area contributed by atoms with Crippen molar-refractivity contribution in [2.24, 2.45) is 0 Å². The molecule has 0 aromatic rings. The molecule has 0 bridgehead atoms. The van der Waals surface area contributed by atoms with Crippen LogP contribution < -0.4 is 0 Å².